The zero-order chi connectivity index (χ0) is 5.82. The van der Waals surface area contributed by atoms with Gasteiger partial charge in [0.05, 0.1) is 8.55 Å². The third kappa shape index (κ3) is 1.82. The molecule has 0 aliphatic carbocycles. The summed E-state index contributed by atoms with van der Waals surface area (Å²) in [7, 11) is 1.63. The van der Waals surface area contributed by atoms with Crippen LogP contribution in [0, 0.1) is 0 Å². The van der Waals surface area contributed by atoms with Crippen molar-refractivity contribution in [3.63, 3.8) is 0 Å². The van der Waals surface area contributed by atoms with E-state index in [4.69, 9.17) is 8.85 Å². The fourth-order valence-electron chi connectivity index (χ4n) is 0.912. The highest BCUT2D eigenvalue weighted by molar-refractivity contribution is 7.33. The first-order valence-corrected chi connectivity index (χ1v) is 12.2. The van der Waals surface area contributed by atoms with Crippen LogP contribution in [0.1, 0.15) is 0 Å². The van der Waals surface area contributed by atoms with Gasteiger partial charge in [0, 0.05) is 13.7 Å². The van der Waals surface area contributed by atoms with Gasteiger partial charge in [0.15, 0.2) is 8.56 Å². The maximum atomic E-state index is 5.36. The highest BCUT2D eigenvalue weighted by Crippen LogP contribution is 1.96. The summed E-state index contributed by atoms with van der Waals surface area (Å²) >= 11 is 0. The Morgan fingerprint density at radius 3 is 3.00 bits per heavy atom. The molecule has 1 aliphatic heterocycles. The fraction of sp³-hybridized carbons (Fsp3) is 1.00. The van der Waals surface area contributed by atoms with Gasteiger partial charge in [0.1, 0.15) is 9.28 Å². The lowest BCUT2D eigenvalue weighted by atomic mass is 10.9. The van der Waals surface area contributed by atoms with Crippen molar-refractivity contribution in [2.45, 2.75) is 6.04 Å². The minimum atomic E-state index is -0.530. The SMILES string of the molecule is CO[SiH]1CCO[SiH2][SiH2]1. The summed E-state index contributed by atoms with van der Waals surface area (Å²) in [4.78, 5) is 0. The number of hydrogen-bond acceptors (Lipinski definition) is 2. The molecule has 0 saturated carbocycles. The van der Waals surface area contributed by atoms with Crippen molar-refractivity contribution < 1.29 is 8.85 Å². The second-order valence-electron chi connectivity index (χ2n) is 2.05. The first kappa shape index (κ1) is 6.69. The first-order chi connectivity index (χ1) is 3.93. The standard InChI is InChI=1S/C3H12O2Si3/c1-4-8-3-2-5-6-7-8/h8H,2-3,6-7H2,1H3. The maximum Gasteiger partial charge on any atom is 0.159 e. The fourth-order valence-corrected chi connectivity index (χ4v) is 15.8. The van der Waals surface area contributed by atoms with Gasteiger partial charge in [0.25, 0.3) is 0 Å². The molecule has 0 radical (unpaired) electrons. The summed E-state index contributed by atoms with van der Waals surface area (Å²) in [5.74, 6) is 0. The van der Waals surface area contributed by atoms with E-state index in [0.29, 0.717) is 0 Å². The Hall–Kier alpha value is 0.571. The van der Waals surface area contributed by atoms with E-state index in [1.165, 1.54) is 6.04 Å². The largest absolute Gasteiger partial charge is 0.428 e. The minimum absolute atomic E-state index is 0.0257. The Morgan fingerprint density at radius 1 is 1.75 bits per heavy atom. The molecule has 8 heavy (non-hydrogen) atoms. The molecule has 48 valence electrons. The van der Waals surface area contributed by atoms with Gasteiger partial charge in [-0.15, -0.1) is 0 Å². The Labute approximate surface area is 55.6 Å². The van der Waals surface area contributed by atoms with Crippen LogP contribution >= 0.6 is 0 Å². The molecule has 0 spiro atoms. The third-order valence-corrected chi connectivity index (χ3v) is 18.2. The van der Waals surface area contributed by atoms with E-state index in [1.54, 1.807) is 0 Å². The number of rotatable bonds is 1. The topological polar surface area (TPSA) is 18.5 Å². The molecule has 0 aromatic heterocycles. The molecule has 1 unspecified atom stereocenters. The van der Waals surface area contributed by atoms with Crippen LogP contribution < -0.4 is 0 Å². The van der Waals surface area contributed by atoms with Gasteiger partial charge in [-0.3, -0.25) is 0 Å². The molecule has 1 rings (SSSR count). The maximum absolute atomic E-state index is 5.36. The molecular weight excluding hydrogens is 152 g/mol. The summed E-state index contributed by atoms with van der Waals surface area (Å²) in [6, 6.07) is 1.30. The van der Waals surface area contributed by atoms with Crippen molar-refractivity contribution in [3.8, 4) is 0 Å². The zero-order valence-electron chi connectivity index (χ0n) is 5.22. The van der Waals surface area contributed by atoms with E-state index >= 15 is 0 Å². The van der Waals surface area contributed by atoms with E-state index in [2.05, 4.69) is 0 Å². The Balaban J connectivity index is 2.13. The van der Waals surface area contributed by atoms with Crippen LogP contribution in [0.15, 0.2) is 0 Å². The molecule has 1 heterocycles. The normalized spacial score (nSPS) is 36.4. The number of hydrogen-bond donors (Lipinski definition) is 0. The lowest BCUT2D eigenvalue weighted by molar-refractivity contribution is 0.349. The lowest BCUT2D eigenvalue weighted by Crippen LogP contribution is -2.37. The highest BCUT2D eigenvalue weighted by atomic mass is 29.6. The molecule has 5 heteroatoms. The van der Waals surface area contributed by atoms with Crippen molar-refractivity contribution in [2.24, 2.45) is 0 Å². The van der Waals surface area contributed by atoms with Gasteiger partial charge in [-0.2, -0.15) is 0 Å². The molecule has 1 saturated heterocycles. The van der Waals surface area contributed by atoms with Gasteiger partial charge in [-0.1, -0.05) is 0 Å². The monoisotopic (exact) mass is 164 g/mol. The van der Waals surface area contributed by atoms with Gasteiger partial charge in [-0.25, -0.2) is 0 Å². The Morgan fingerprint density at radius 2 is 2.62 bits per heavy atom. The predicted octanol–water partition coefficient (Wildman–Crippen LogP) is -1.95. The highest BCUT2D eigenvalue weighted by Gasteiger charge is 2.14. The van der Waals surface area contributed by atoms with Crippen LogP contribution in [-0.4, -0.2) is 40.1 Å². The molecular formula is C3H12O2Si3. The average molecular weight is 164 g/mol. The molecule has 0 bridgehead atoms. The van der Waals surface area contributed by atoms with Crippen molar-refractivity contribution in [2.75, 3.05) is 13.7 Å². The summed E-state index contributed by atoms with van der Waals surface area (Å²) in [6.45, 7) is 1.03. The van der Waals surface area contributed by atoms with E-state index in [1.807, 2.05) is 7.11 Å². The van der Waals surface area contributed by atoms with Crippen molar-refractivity contribution in [3.05, 3.63) is 0 Å². The van der Waals surface area contributed by atoms with Crippen LogP contribution in [0.5, 0.6) is 0 Å². The molecule has 0 amide bonds. The summed E-state index contributed by atoms with van der Waals surface area (Å²) in [6.07, 6.45) is 0. The van der Waals surface area contributed by atoms with E-state index in [0.717, 1.165) is 6.61 Å². The Kier molecular flexibility index (Phi) is 2.98. The summed E-state index contributed by atoms with van der Waals surface area (Å²) < 4.78 is 10.7. The van der Waals surface area contributed by atoms with Crippen molar-refractivity contribution >= 4 is 26.4 Å². The molecule has 2 nitrogen and oxygen atoms in total. The van der Waals surface area contributed by atoms with Gasteiger partial charge in [0.2, 0.25) is 0 Å². The van der Waals surface area contributed by atoms with Crippen LogP contribution in [0.25, 0.3) is 0 Å². The van der Waals surface area contributed by atoms with Crippen LogP contribution in [0.2, 0.25) is 6.04 Å². The van der Waals surface area contributed by atoms with E-state index < -0.39 is 8.56 Å². The smallest absolute Gasteiger partial charge is 0.159 e. The average Bonchev–Trinajstić information content (AvgIpc) is 1.90. The molecule has 1 fully saturated rings. The van der Waals surface area contributed by atoms with Gasteiger partial charge in [-0.05, 0) is 6.04 Å². The lowest BCUT2D eigenvalue weighted by Gasteiger charge is -2.17. The van der Waals surface area contributed by atoms with E-state index in [-0.39, 0.29) is 17.8 Å². The van der Waals surface area contributed by atoms with E-state index in [9.17, 15) is 0 Å². The van der Waals surface area contributed by atoms with Gasteiger partial charge < -0.3 is 8.85 Å². The summed E-state index contributed by atoms with van der Waals surface area (Å²) in [5.41, 5.74) is 0. The van der Waals surface area contributed by atoms with Crippen molar-refractivity contribution in [1.82, 2.24) is 0 Å². The summed E-state index contributed by atoms with van der Waals surface area (Å²) in [5, 5.41) is 0. The first-order valence-electron chi connectivity index (χ1n) is 3.04. The second-order valence-corrected chi connectivity index (χ2v) is 16.6. The van der Waals surface area contributed by atoms with Crippen LogP contribution in [0.3, 0.4) is 0 Å². The molecule has 0 aromatic carbocycles. The molecule has 0 N–H and O–H groups in total. The second kappa shape index (κ2) is 3.57. The minimum Gasteiger partial charge on any atom is -0.428 e. The quantitative estimate of drug-likeness (QED) is 0.420. The third-order valence-electron chi connectivity index (χ3n) is 1.50. The molecule has 1 aliphatic rings. The van der Waals surface area contributed by atoms with Crippen LogP contribution in [-0.2, 0) is 8.85 Å². The van der Waals surface area contributed by atoms with Crippen LogP contribution in [0.4, 0.5) is 0 Å². The predicted molar refractivity (Wildman–Crippen MR) is 42.0 cm³/mol. The van der Waals surface area contributed by atoms with Gasteiger partial charge >= 0.3 is 0 Å². The zero-order valence-corrected chi connectivity index (χ0v) is 9.21. The van der Waals surface area contributed by atoms with Crippen molar-refractivity contribution in [1.29, 1.82) is 0 Å². The Bertz CT molecular complexity index is 63.5. The molecule has 1 atom stereocenters. The molecule has 0 aromatic rings.